The van der Waals surface area contributed by atoms with E-state index in [1.807, 2.05) is 6.92 Å². The van der Waals surface area contributed by atoms with E-state index in [-0.39, 0.29) is 23.5 Å². The van der Waals surface area contributed by atoms with Gasteiger partial charge in [0.05, 0.1) is 12.1 Å². The number of methoxy groups -OCH3 is 1. The summed E-state index contributed by atoms with van der Waals surface area (Å²) >= 11 is 0. The molecular weight excluding hydrogens is 250 g/mol. The summed E-state index contributed by atoms with van der Waals surface area (Å²) in [5.74, 6) is -1.24. The summed E-state index contributed by atoms with van der Waals surface area (Å²) in [4.78, 5) is 22.9. The second kappa shape index (κ2) is 6.38. The van der Waals surface area contributed by atoms with E-state index >= 15 is 0 Å². The van der Waals surface area contributed by atoms with Crippen LogP contribution in [0.5, 0.6) is 0 Å². The average molecular weight is 269 g/mol. The van der Waals surface area contributed by atoms with E-state index in [1.54, 1.807) is 21.0 Å². The van der Waals surface area contributed by atoms with Crippen LogP contribution in [0.3, 0.4) is 0 Å². The zero-order chi connectivity index (χ0) is 14.6. The number of carboxylic acid groups (broad SMARTS) is 1. The molecule has 0 aliphatic heterocycles. The smallest absolute Gasteiger partial charge is 0.339 e. The molecule has 1 aromatic rings. The van der Waals surface area contributed by atoms with Gasteiger partial charge in [0.25, 0.3) is 5.91 Å². The topological polar surface area (TPSA) is 88.8 Å². The number of carbonyl (C=O) groups excluding carboxylic acids is 1. The second-order valence-corrected chi connectivity index (χ2v) is 4.31. The van der Waals surface area contributed by atoms with Gasteiger partial charge in [-0.15, -0.1) is 0 Å². The quantitative estimate of drug-likeness (QED) is 0.820. The Morgan fingerprint density at radius 3 is 2.53 bits per heavy atom. The van der Waals surface area contributed by atoms with Crippen molar-refractivity contribution in [3.63, 3.8) is 0 Å². The zero-order valence-corrected chi connectivity index (χ0v) is 11.5. The van der Waals surface area contributed by atoms with Crippen molar-refractivity contribution in [2.24, 2.45) is 0 Å². The SMILES string of the molecule is CCc1oc(C(=O)N[C@@H](C)C(C)OC)cc1C(=O)O. The number of hydrogen-bond acceptors (Lipinski definition) is 4. The number of rotatable bonds is 6. The first-order valence-electron chi connectivity index (χ1n) is 6.10. The lowest BCUT2D eigenvalue weighted by Crippen LogP contribution is -2.40. The van der Waals surface area contributed by atoms with Gasteiger partial charge in [0.2, 0.25) is 0 Å². The van der Waals surface area contributed by atoms with E-state index in [9.17, 15) is 9.59 Å². The number of ether oxygens (including phenoxy) is 1. The molecule has 1 amide bonds. The van der Waals surface area contributed by atoms with Gasteiger partial charge in [0.1, 0.15) is 11.3 Å². The number of furan rings is 1. The Morgan fingerprint density at radius 1 is 1.47 bits per heavy atom. The van der Waals surface area contributed by atoms with Gasteiger partial charge in [-0.2, -0.15) is 0 Å². The van der Waals surface area contributed by atoms with Crippen LogP contribution in [0.1, 0.15) is 47.4 Å². The molecule has 0 aliphatic carbocycles. The molecule has 6 nitrogen and oxygen atoms in total. The summed E-state index contributed by atoms with van der Waals surface area (Å²) in [7, 11) is 1.55. The minimum absolute atomic E-state index is 0.00408. The van der Waals surface area contributed by atoms with Crippen molar-refractivity contribution in [2.75, 3.05) is 7.11 Å². The molecule has 19 heavy (non-hydrogen) atoms. The van der Waals surface area contributed by atoms with Gasteiger partial charge in [0, 0.05) is 19.6 Å². The van der Waals surface area contributed by atoms with Crippen LogP contribution in [-0.2, 0) is 11.2 Å². The van der Waals surface area contributed by atoms with Crippen molar-refractivity contribution in [3.05, 3.63) is 23.2 Å². The Bertz CT molecular complexity index is 466. The molecule has 6 heteroatoms. The van der Waals surface area contributed by atoms with Crippen molar-refractivity contribution in [1.82, 2.24) is 5.32 Å². The molecule has 0 fully saturated rings. The van der Waals surface area contributed by atoms with Crippen LogP contribution in [0.2, 0.25) is 0 Å². The molecule has 0 radical (unpaired) electrons. The fraction of sp³-hybridized carbons (Fsp3) is 0.538. The lowest BCUT2D eigenvalue weighted by atomic mass is 10.2. The zero-order valence-electron chi connectivity index (χ0n) is 11.5. The van der Waals surface area contributed by atoms with Crippen LogP contribution < -0.4 is 5.32 Å². The number of aryl methyl sites for hydroxylation is 1. The van der Waals surface area contributed by atoms with Gasteiger partial charge in [-0.1, -0.05) is 6.92 Å². The highest BCUT2D eigenvalue weighted by Gasteiger charge is 2.22. The summed E-state index contributed by atoms with van der Waals surface area (Å²) in [6, 6.07) is 1.04. The van der Waals surface area contributed by atoms with Gasteiger partial charge >= 0.3 is 5.97 Å². The largest absolute Gasteiger partial charge is 0.478 e. The number of hydrogen-bond donors (Lipinski definition) is 2. The number of carbonyl (C=O) groups is 2. The Morgan fingerprint density at radius 2 is 2.11 bits per heavy atom. The van der Waals surface area contributed by atoms with E-state index in [0.717, 1.165) is 0 Å². The summed E-state index contributed by atoms with van der Waals surface area (Å²) in [6.45, 7) is 5.39. The van der Waals surface area contributed by atoms with Crippen LogP contribution >= 0.6 is 0 Å². The number of aromatic carboxylic acids is 1. The molecule has 1 heterocycles. The molecule has 106 valence electrons. The van der Waals surface area contributed by atoms with E-state index in [4.69, 9.17) is 14.3 Å². The molecule has 0 saturated heterocycles. The fourth-order valence-corrected chi connectivity index (χ4v) is 1.58. The maximum absolute atomic E-state index is 11.9. The van der Waals surface area contributed by atoms with Crippen LogP contribution in [0.25, 0.3) is 0 Å². The normalized spacial score (nSPS) is 13.9. The number of amides is 1. The van der Waals surface area contributed by atoms with Crippen molar-refractivity contribution in [2.45, 2.75) is 39.3 Å². The van der Waals surface area contributed by atoms with Gasteiger partial charge in [-0.05, 0) is 13.8 Å². The first-order valence-corrected chi connectivity index (χ1v) is 6.10. The van der Waals surface area contributed by atoms with E-state index in [1.165, 1.54) is 6.07 Å². The lowest BCUT2D eigenvalue weighted by Gasteiger charge is -2.19. The monoisotopic (exact) mass is 269 g/mol. The number of nitrogens with one attached hydrogen (secondary N) is 1. The van der Waals surface area contributed by atoms with Crippen LogP contribution in [-0.4, -0.2) is 36.2 Å². The maximum atomic E-state index is 11.9. The van der Waals surface area contributed by atoms with Gasteiger partial charge < -0.3 is 19.6 Å². The lowest BCUT2D eigenvalue weighted by molar-refractivity contribution is 0.0692. The molecule has 1 rings (SSSR count). The standard InChI is InChI=1S/C13H19NO5/c1-5-10-9(13(16)17)6-11(19-10)12(15)14-7(2)8(3)18-4/h6-8H,5H2,1-4H3,(H,14,15)(H,16,17)/t7-,8?/m0/s1. The fourth-order valence-electron chi connectivity index (χ4n) is 1.58. The van der Waals surface area contributed by atoms with E-state index < -0.39 is 11.9 Å². The Hall–Kier alpha value is -1.82. The molecule has 0 aromatic carbocycles. The third-order valence-electron chi connectivity index (χ3n) is 3.02. The number of carboxylic acids is 1. The molecule has 2 atom stereocenters. The van der Waals surface area contributed by atoms with E-state index in [0.29, 0.717) is 12.2 Å². The second-order valence-electron chi connectivity index (χ2n) is 4.31. The molecule has 1 aromatic heterocycles. The van der Waals surface area contributed by atoms with Crippen molar-refractivity contribution < 1.29 is 23.8 Å². The average Bonchev–Trinajstić information content (AvgIpc) is 2.81. The predicted molar refractivity (Wildman–Crippen MR) is 68.4 cm³/mol. The molecule has 1 unspecified atom stereocenters. The van der Waals surface area contributed by atoms with Crippen molar-refractivity contribution >= 4 is 11.9 Å². The Kier molecular flexibility index (Phi) is 5.11. The van der Waals surface area contributed by atoms with Gasteiger partial charge in [-0.25, -0.2) is 4.79 Å². The first-order chi connectivity index (χ1) is 8.90. The van der Waals surface area contributed by atoms with Gasteiger partial charge in [0.15, 0.2) is 5.76 Å². The minimum Gasteiger partial charge on any atom is -0.478 e. The van der Waals surface area contributed by atoms with Crippen LogP contribution in [0, 0.1) is 0 Å². The predicted octanol–water partition coefficient (Wildman–Crippen LogP) is 1.69. The third-order valence-corrected chi connectivity index (χ3v) is 3.02. The minimum atomic E-state index is -1.10. The van der Waals surface area contributed by atoms with Crippen LogP contribution in [0.15, 0.2) is 10.5 Å². The third kappa shape index (κ3) is 3.57. The molecular formula is C13H19NO5. The van der Waals surface area contributed by atoms with Crippen molar-refractivity contribution in [1.29, 1.82) is 0 Å². The highest BCUT2D eigenvalue weighted by molar-refractivity contribution is 5.96. The summed E-state index contributed by atoms with van der Waals surface area (Å²) in [5.41, 5.74) is 0.0279. The maximum Gasteiger partial charge on any atom is 0.339 e. The van der Waals surface area contributed by atoms with Gasteiger partial charge in [-0.3, -0.25) is 4.79 Å². The molecule has 0 saturated carbocycles. The summed E-state index contributed by atoms with van der Waals surface area (Å²) < 4.78 is 10.4. The van der Waals surface area contributed by atoms with Crippen molar-refractivity contribution in [3.8, 4) is 0 Å². The molecule has 2 N–H and O–H groups in total. The summed E-state index contributed by atoms with van der Waals surface area (Å²) in [6.07, 6.45) is 0.266. The molecule has 0 bridgehead atoms. The van der Waals surface area contributed by atoms with Crippen LogP contribution in [0.4, 0.5) is 0 Å². The summed E-state index contributed by atoms with van der Waals surface area (Å²) in [5, 5.41) is 11.7. The first kappa shape index (κ1) is 15.2. The molecule has 0 aliphatic rings. The molecule has 0 spiro atoms. The highest BCUT2D eigenvalue weighted by Crippen LogP contribution is 2.16. The van der Waals surface area contributed by atoms with E-state index in [2.05, 4.69) is 5.32 Å². The Balaban J connectivity index is 2.86. The Labute approximate surface area is 111 Å². The highest BCUT2D eigenvalue weighted by atomic mass is 16.5.